The number of aromatic nitrogens is 1. The third-order valence-electron chi connectivity index (χ3n) is 2.37. The molecule has 0 amide bonds. The van der Waals surface area contributed by atoms with Crippen LogP contribution in [0.2, 0.25) is 0 Å². The molecule has 0 saturated heterocycles. The van der Waals surface area contributed by atoms with Gasteiger partial charge >= 0.3 is 0 Å². The van der Waals surface area contributed by atoms with E-state index in [1.807, 2.05) is 13.8 Å². The van der Waals surface area contributed by atoms with E-state index in [1.165, 1.54) is 0 Å². The SMILES string of the molecule is CC(C)CCOc1ncc([N+](=O)[O-])cc1C(N)=NO. The molecule has 1 heterocycles. The molecule has 1 aromatic rings. The predicted molar refractivity (Wildman–Crippen MR) is 68.4 cm³/mol. The van der Waals surface area contributed by atoms with Crippen molar-refractivity contribution in [1.29, 1.82) is 0 Å². The van der Waals surface area contributed by atoms with Gasteiger partial charge in [-0.25, -0.2) is 4.98 Å². The maximum absolute atomic E-state index is 10.7. The Balaban J connectivity index is 2.99. The summed E-state index contributed by atoms with van der Waals surface area (Å²) in [5.74, 6) is 0.280. The molecule has 1 aromatic heterocycles. The van der Waals surface area contributed by atoms with Gasteiger partial charge in [-0.2, -0.15) is 0 Å². The van der Waals surface area contributed by atoms with Crippen LogP contribution in [0.5, 0.6) is 5.88 Å². The Morgan fingerprint density at radius 1 is 1.68 bits per heavy atom. The largest absolute Gasteiger partial charge is 0.477 e. The van der Waals surface area contributed by atoms with Crippen molar-refractivity contribution in [1.82, 2.24) is 4.98 Å². The first kappa shape index (κ1) is 14.7. The molecule has 0 atom stereocenters. The van der Waals surface area contributed by atoms with Crippen molar-refractivity contribution in [2.75, 3.05) is 6.61 Å². The number of amidine groups is 1. The van der Waals surface area contributed by atoms with Gasteiger partial charge in [0.25, 0.3) is 5.69 Å². The highest BCUT2D eigenvalue weighted by atomic mass is 16.6. The molecule has 0 saturated carbocycles. The van der Waals surface area contributed by atoms with Gasteiger partial charge in [0, 0.05) is 6.07 Å². The summed E-state index contributed by atoms with van der Waals surface area (Å²) in [5, 5.41) is 22.1. The molecule has 1 rings (SSSR count). The van der Waals surface area contributed by atoms with Gasteiger partial charge < -0.3 is 15.7 Å². The van der Waals surface area contributed by atoms with Crippen LogP contribution in [0, 0.1) is 16.0 Å². The lowest BCUT2D eigenvalue weighted by Gasteiger charge is -2.10. The molecule has 0 unspecified atom stereocenters. The maximum Gasteiger partial charge on any atom is 0.288 e. The number of hydrogen-bond donors (Lipinski definition) is 2. The topological polar surface area (TPSA) is 124 Å². The predicted octanol–water partition coefficient (Wildman–Crippen LogP) is 1.51. The molecule has 8 heteroatoms. The third-order valence-corrected chi connectivity index (χ3v) is 2.37. The molecule has 104 valence electrons. The molecular weight excluding hydrogens is 252 g/mol. The number of nitro groups is 1. The van der Waals surface area contributed by atoms with Crippen LogP contribution in [0.3, 0.4) is 0 Å². The van der Waals surface area contributed by atoms with Gasteiger partial charge in [0.1, 0.15) is 6.20 Å². The Hall–Kier alpha value is -2.38. The zero-order valence-electron chi connectivity index (χ0n) is 10.7. The van der Waals surface area contributed by atoms with Crippen molar-refractivity contribution in [3.8, 4) is 5.88 Å². The van der Waals surface area contributed by atoms with Crippen LogP contribution in [0.25, 0.3) is 0 Å². The fourth-order valence-corrected chi connectivity index (χ4v) is 1.28. The van der Waals surface area contributed by atoms with Crippen molar-refractivity contribution in [2.24, 2.45) is 16.8 Å². The summed E-state index contributed by atoms with van der Waals surface area (Å²) in [6.07, 6.45) is 1.87. The van der Waals surface area contributed by atoms with E-state index in [9.17, 15) is 10.1 Å². The van der Waals surface area contributed by atoms with Crippen molar-refractivity contribution >= 4 is 11.5 Å². The Labute approximate surface area is 110 Å². The molecule has 0 aliphatic heterocycles. The molecule has 0 bridgehead atoms. The normalized spacial score (nSPS) is 11.6. The second-order valence-electron chi connectivity index (χ2n) is 4.32. The molecule has 0 radical (unpaired) electrons. The summed E-state index contributed by atoms with van der Waals surface area (Å²) in [5.41, 5.74) is 5.30. The lowest BCUT2D eigenvalue weighted by atomic mass is 10.1. The summed E-state index contributed by atoms with van der Waals surface area (Å²) in [4.78, 5) is 13.9. The Morgan fingerprint density at radius 2 is 2.37 bits per heavy atom. The first-order chi connectivity index (χ1) is 8.95. The molecule has 8 nitrogen and oxygen atoms in total. The minimum Gasteiger partial charge on any atom is -0.477 e. The second-order valence-corrected chi connectivity index (χ2v) is 4.32. The summed E-state index contributed by atoms with van der Waals surface area (Å²) < 4.78 is 5.40. The smallest absolute Gasteiger partial charge is 0.288 e. The summed E-state index contributed by atoms with van der Waals surface area (Å²) in [7, 11) is 0. The van der Waals surface area contributed by atoms with Crippen LogP contribution in [0.4, 0.5) is 5.69 Å². The molecule has 0 aliphatic rings. The Morgan fingerprint density at radius 3 is 2.89 bits per heavy atom. The number of ether oxygens (including phenoxy) is 1. The van der Waals surface area contributed by atoms with Crippen LogP contribution in [-0.4, -0.2) is 27.6 Å². The van der Waals surface area contributed by atoms with Gasteiger partial charge in [0.05, 0.1) is 17.1 Å². The zero-order chi connectivity index (χ0) is 14.4. The summed E-state index contributed by atoms with van der Waals surface area (Å²) in [6, 6.07) is 1.16. The molecular formula is C11H16N4O4. The minimum absolute atomic E-state index is 0.0976. The monoisotopic (exact) mass is 268 g/mol. The van der Waals surface area contributed by atoms with E-state index >= 15 is 0 Å². The Kier molecular flexibility index (Phi) is 5.04. The lowest BCUT2D eigenvalue weighted by Crippen LogP contribution is -2.16. The van der Waals surface area contributed by atoms with Crippen molar-refractivity contribution in [2.45, 2.75) is 20.3 Å². The Bertz CT molecular complexity index is 488. The maximum atomic E-state index is 10.7. The average Bonchev–Trinajstić information content (AvgIpc) is 2.37. The number of nitrogens with two attached hydrogens (primary N) is 1. The van der Waals surface area contributed by atoms with Gasteiger partial charge in [-0.1, -0.05) is 19.0 Å². The molecule has 0 aromatic carbocycles. The molecule has 0 fully saturated rings. The number of hydrogen-bond acceptors (Lipinski definition) is 6. The van der Waals surface area contributed by atoms with Crippen molar-refractivity contribution in [3.63, 3.8) is 0 Å². The average molecular weight is 268 g/mol. The number of rotatable bonds is 6. The quantitative estimate of drug-likeness (QED) is 0.265. The standard InChI is InChI=1S/C11H16N4O4/c1-7(2)3-4-19-11-9(10(12)14-16)5-8(6-13-11)15(17)18/h5-7,16H,3-4H2,1-2H3,(H2,12,14). The van der Waals surface area contributed by atoms with E-state index < -0.39 is 4.92 Å². The first-order valence-electron chi connectivity index (χ1n) is 5.70. The van der Waals surface area contributed by atoms with Crippen LogP contribution < -0.4 is 10.5 Å². The molecule has 19 heavy (non-hydrogen) atoms. The van der Waals surface area contributed by atoms with E-state index in [0.29, 0.717) is 12.5 Å². The zero-order valence-corrected chi connectivity index (χ0v) is 10.7. The van der Waals surface area contributed by atoms with Crippen LogP contribution in [0.15, 0.2) is 17.4 Å². The fourth-order valence-electron chi connectivity index (χ4n) is 1.28. The molecule has 0 aliphatic carbocycles. The van der Waals surface area contributed by atoms with Gasteiger partial charge in [-0.3, -0.25) is 10.1 Å². The molecule has 3 N–H and O–H groups in total. The molecule has 0 spiro atoms. The number of pyridine rings is 1. The summed E-state index contributed by atoms with van der Waals surface area (Å²) in [6.45, 7) is 4.47. The van der Waals surface area contributed by atoms with Gasteiger partial charge in [-0.05, 0) is 12.3 Å². The first-order valence-corrected chi connectivity index (χ1v) is 5.70. The highest BCUT2D eigenvalue weighted by Gasteiger charge is 2.16. The summed E-state index contributed by atoms with van der Waals surface area (Å²) >= 11 is 0. The highest BCUT2D eigenvalue weighted by molar-refractivity contribution is 5.99. The van der Waals surface area contributed by atoms with E-state index in [1.54, 1.807) is 0 Å². The fraction of sp³-hybridized carbons (Fsp3) is 0.455. The van der Waals surface area contributed by atoms with E-state index in [0.717, 1.165) is 18.7 Å². The lowest BCUT2D eigenvalue weighted by molar-refractivity contribution is -0.385. The van der Waals surface area contributed by atoms with Crippen molar-refractivity contribution in [3.05, 3.63) is 27.9 Å². The van der Waals surface area contributed by atoms with Crippen LogP contribution in [-0.2, 0) is 0 Å². The third kappa shape index (κ3) is 4.09. The second kappa shape index (κ2) is 6.53. The van der Waals surface area contributed by atoms with E-state index in [4.69, 9.17) is 15.7 Å². The van der Waals surface area contributed by atoms with Crippen molar-refractivity contribution < 1.29 is 14.9 Å². The highest BCUT2D eigenvalue weighted by Crippen LogP contribution is 2.21. The van der Waals surface area contributed by atoms with Crippen LogP contribution in [0.1, 0.15) is 25.8 Å². The number of nitrogens with zero attached hydrogens (tertiary/aromatic N) is 3. The van der Waals surface area contributed by atoms with Crippen LogP contribution >= 0.6 is 0 Å². The van der Waals surface area contributed by atoms with Gasteiger partial charge in [0.2, 0.25) is 5.88 Å². The van der Waals surface area contributed by atoms with Gasteiger partial charge in [-0.15, -0.1) is 0 Å². The minimum atomic E-state index is -0.612. The van der Waals surface area contributed by atoms with E-state index in [2.05, 4.69) is 10.1 Å². The van der Waals surface area contributed by atoms with E-state index in [-0.39, 0.29) is 23.0 Å². The van der Waals surface area contributed by atoms with Gasteiger partial charge in [0.15, 0.2) is 5.84 Å². The number of oxime groups is 1.